The van der Waals surface area contributed by atoms with Crippen LogP contribution in [0, 0.1) is 18.8 Å². The third kappa shape index (κ3) is 4.67. The van der Waals surface area contributed by atoms with Crippen molar-refractivity contribution in [3.05, 3.63) is 47.2 Å². The highest BCUT2D eigenvalue weighted by molar-refractivity contribution is 5.25. The molecule has 120 valence electrons. The van der Waals surface area contributed by atoms with Gasteiger partial charge in [-0.2, -0.15) is 0 Å². The Morgan fingerprint density at radius 1 is 1.05 bits per heavy atom. The third-order valence-electron chi connectivity index (χ3n) is 3.69. The zero-order valence-electron chi connectivity index (χ0n) is 14.3. The van der Waals surface area contributed by atoms with E-state index in [2.05, 4.69) is 67.5 Å². The summed E-state index contributed by atoms with van der Waals surface area (Å²) in [5.41, 5.74) is 2.70. The predicted octanol–water partition coefficient (Wildman–Crippen LogP) is 4.06. The van der Waals surface area contributed by atoms with E-state index in [1.807, 2.05) is 6.92 Å². The van der Waals surface area contributed by atoms with E-state index in [4.69, 9.17) is 4.42 Å². The lowest BCUT2D eigenvalue weighted by molar-refractivity contribution is 0.373. The first kappa shape index (κ1) is 16.7. The van der Waals surface area contributed by atoms with Crippen LogP contribution < -0.4 is 5.32 Å². The SMILES string of the molecule is Cc1nnc(CNC(c2ccc(CC(C)C)cc2)C(C)C)o1. The van der Waals surface area contributed by atoms with E-state index in [0.29, 0.717) is 30.2 Å². The Morgan fingerprint density at radius 2 is 1.73 bits per heavy atom. The van der Waals surface area contributed by atoms with Crippen molar-refractivity contribution in [2.75, 3.05) is 0 Å². The van der Waals surface area contributed by atoms with Crippen molar-refractivity contribution in [3.8, 4) is 0 Å². The van der Waals surface area contributed by atoms with E-state index in [1.165, 1.54) is 11.1 Å². The van der Waals surface area contributed by atoms with Gasteiger partial charge in [-0.1, -0.05) is 52.0 Å². The van der Waals surface area contributed by atoms with Gasteiger partial charge in [-0.05, 0) is 29.4 Å². The fraction of sp³-hybridized carbons (Fsp3) is 0.556. The molecule has 0 aliphatic heterocycles. The number of aryl methyl sites for hydroxylation is 1. The molecule has 0 radical (unpaired) electrons. The van der Waals surface area contributed by atoms with E-state index in [-0.39, 0.29) is 6.04 Å². The van der Waals surface area contributed by atoms with Crippen LogP contribution in [0.25, 0.3) is 0 Å². The van der Waals surface area contributed by atoms with E-state index >= 15 is 0 Å². The molecule has 0 saturated carbocycles. The minimum absolute atomic E-state index is 0.278. The van der Waals surface area contributed by atoms with Crippen molar-refractivity contribution in [3.63, 3.8) is 0 Å². The smallest absolute Gasteiger partial charge is 0.230 e. The van der Waals surface area contributed by atoms with Gasteiger partial charge in [0.05, 0.1) is 6.54 Å². The lowest BCUT2D eigenvalue weighted by Crippen LogP contribution is -2.25. The van der Waals surface area contributed by atoms with E-state index in [9.17, 15) is 0 Å². The highest BCUT2D eigenvalue weighted by atomic mass is 16.4. The van der Waals surface area contributed by atoms with Gasteiger partial charge in [0.1, 0.15) is 0 Å². The lowest BCUT2D eigenvalue weighted by atomic mass is 9.94. The van der Waals surface area contributed by atoms with Crippen molar-refractivity contribution in [1.82, 2.24) is 15.5 Å². The van der Waals surface area contributed by atoms with Crippen molar-refractivity contribution in [2.45, 2.75) is 53.6 Å². The Bertz CT molecular complexity index is 572. The maximum Gasteiger partial charge on any atom is 0.230 e. The summed E-state index contributed by atoms with van der Waals surface area (Å²) in [6.45, 7) is 11.3. The van der Waals surface area contributed by atoms with Crippen LogP contribution in [-0.4, -0.2) is 10.2 Å². The van der Waals surface area contributed by atoms with Gasteiger partial charge in [-0.3, -0.25) is 0 Å². The van der Waals surface area contributed by atoms with Crippen LogP contribution in [0.4, 0.5) is 0 Å². The molecule has 0 fully saturated rings. The topological polar surface area (TPSA) is 51.0 Å². The van der Waals surface area contributed by atoms with E-state index in [1.54, 1.807) is 0 Å². The summed E-state index contributed by atoms with van der Waals surface area (Å²) in [7, 11) is 0. The second-order valence-corrected chi connectivity index (χ2v) is 6.66. The Balaban J connectivity index is 2.03. The lowest BCUT2D eigenvalue weighted by Gasteiger charge is -2.22. The fourth-order valence-corrected chi connectivity index (χ4v) is 2.68. The molecule has 0 saturated heterocycles. The van der Waals surface area contributed by atoms with Gasteiger partial charge in [0.15, 0.2) is 0 Å². The molecular formula is C18H27N3O. The standard InChI is InChI=1S/C18H27N3O/c1-12(2)10-15-6-8-16(9-7-15)18(13(3)4)19-11-17-21-20-14(5)22-17/h6-9,12-13,18-19H,10-11H2,1-5H3. The minimum Gasteiger partial charge on any atom is -0.424 e. The summed E-state index contributed by atoms with van der Waals surface area (Å²) in [5, 5.41) is 11.4. The van der Waals surface area contributed by atoms with Gasteiger partial charge >= 0.3 is 0 Å². The number of nitrogens with zero attached hydrogens (tertiary/aromatic N) is 2. The number of hydrogen-bond donors (Lipinski definition) is 1. The van der Waals surface area contributed by atoms with Crippen LogP contribution in [0.1, 0.15) is 56.6 Å². The predicted molar refractivity (Wildman–Crippen MR) is 88.4 cm³/mol. The molecule has 4 heteroatoms. The van der Waals surface area contributed by atoms with Crippen molar-refractivity contribution in [2.24, 2.45) is 11.8 Å². The molecule has 4 nitrogen and oxygen atoms in total. The third-order valence-corrected chi connectivity index (χ3v) is 3.69. The van der Waals surface area contributed by atoms with Gasteiger partial charge in [-0.25, -0.2) is 0 Å². The minimum atomic E-state index is 0.278. The summed E-state index contributed by atoms with van der Waals surface area (Å²) >= 11 is 0. The van der Waals surface area contributed by atoms with E-state index in [0.717, 1.165) is 6.42 Å². The number of hydrogen-bond acceptors (Lipinski definition) is 4. The zero-order valence-corrected chi connectivity index (χ0v) is 14.3. The second-order valence-electron chi connectivity index (χ2n) is 6.66. The monoisotopic (exact) mass is 301 g/mol. The molecular weight excluding hydrogens is 274 g/mol. The van der Waals surface area contributed by atoms with Gasteiger partial charge < -0.3 is 9.73 Å². The van der Waals surface area contributed by atoms with Gasteiger partial charge in [-0.15, -0.1) is 10.2 Å². The summed E-state index contributed by atoms with van der Waals surface area (Å²) in [6.07, 6.45) is 1.13. The first-order chi connectivity index (χ1) is 10.5. The molecule has 0 aliphatic rings. The highest BCUT2D eigenvalue weighted by Gasteiger charge is 2.16. The Kier molecular flexibility index (Phi) is 5.72. The molecule has 2 rings (SSSR count). The first-order valence-electron chi connectivity index (χ1n) is 8.07. The summed E-state index contributed by atoms with van der Waals surface area (Å²) in [4.78, 5) is 0. The number of nitrogens with one attached hydrogen (secondary N) is 1. The van der Waals surface area contributed by atoms with Crippen LogP contribution in [-0.2, 0) is 13.0 Å². The Hall–Kier alpha value is -1.68. The number of rotatable bonds is 7. The highest BCUT2D eigenvalue weighted by Crippen LogP contribution is 2.23. The maximum atomic E-state index is 5.43. The number of benzene rings is 1. The average Bonchev–Trinajstić information content (AvgIpc) is 2.85. The molecule has 22 heavy (non-hydrogen) atoms. The zero-order chi connectivity index (χ0) is 16.1. The normalized spacial score (nSPS) is 13.0. The van der Waals surface area contributed by atoms with Crippen molar-refractivity contribution >= 4 is 0 Å². The number of aromatic nitrogens is 2. The van der Waals surface area contributed by atoms with Crippen LogP contribution in [0.5, 0.6) is 0 Å². The molecule has 1 aromatic carbocycles. The molecule has 1 atom stereocenters. The molecule has 0 spiro atoms. The molecule has 1 aromatic heterocycles. The van der Waals surface area contributed by atoms with Crippen LogP contribution in [0.3, 0.4) is 0 Å². The molecule has 0 amide bonds. The van der Waals surface area contributed by atoms with Crippen molar-refractivity contribution in [1.29, 1.82) is 0 Å². The van der Waals surface area contributed by atoms with Crippen LogP contribution >= 0.6 is 0 Å². The van der Waals surface area contributed by atoms with Gasteiger partial charge in [0.2, 0.25) is 11.8 Å². The Labute approximate surface area is 133 Å². The van der Waals surface area contributed by atoms with Gasteiger partial charge in [0, 0.05) is 13.0 Å². The molecule has 1 N–H and O–H groups in total. The first-order valence-corrected chi connectivity index (χ1v) is 8.07. The fourth-order valence-electron chi connectivity index (χ4n) is 2.68. The largest absolute Gasteiger partial charge is 0.424 e. The molecule has 1 unspecified atom stereocenters. The molecule has 2 aromatic rings. The molecule has 1 heterocycles. The molecule has 0 bridgehead atoms. The molecule has 0 aliphatic carbocycles. The summed E-state index contributed by atoms with van der Waals surface area (Å²) < 4.78 is 5.43. The van der Waals surface area contributed by atoms with Gasteiger partial charge in [0.25, 0.3) is 0 Å². The second kappa shape index (κ2) is 7.54. The summed E-state index contributed by atoms with van der Waals surface area (Å²) in [5.74, 6) is 2.42. The Morgan fingerprint density at radius 3 is 2.23 bits per heavy atom. The maximum absolute atomic E-state index is 5.43. The van der Waals surface area contributed by atoms with Crippen molar-refractivity contribution < 1.29 is 4.42 Å². The van der Waals surface area contributed by atoms with Crippen LogP contribution in [0.2, 0.25) is 0 Å². The quantitative estimate of drug-likeness (QED) is 0.837. The summed E-state index contributed by atoms with van der Waals surface area (Å²) in [6, 6.07) is 9.22. The van der Waals surface area contributed by atoms with Crippen LogP contribution in [0.15, 0.2) is 28.7 Å². The van der Waals surface area contributed by atoms with E-state index < -0.39 is 0 Å². The average molecular weight is 301 g/mol.